The molecule has 4 heteroatoms. The Morgan fingerprint density at radius 1 is 1.00 bits per heavy atom. The molecule has 2 aromatic rings. The van der Waals surface area contributed by atoms with Gasteiger partial charge in [0, 0.05) is 6.54 Å². The second-order valence-electron chi connectivity index (χ2n) is 8.05. The van der Waals surface area contributed by atoms with Gasteiger partial charge in [0.15, 0.2) is 0 Å². The first kappa shape index (κ1) is 23.7. The molecule has 0 amide bonds. The maximum atomic E-state index is 10.1. The van der Waals surface area contributed by atoms with E-state index in [1.807, 2.05) is 12.1 Å². The lowest BCUT2D eigenvalue weighted by Crippen LogP contribution is -2.33. The third-order valence-electron chi connectivity index (χ3n) is 5.76. The monoisotopic (exact) mass is 430 g/mol. The minimum Gasteiger partial charge on any atom is -0.303 e. The molecule has 2 rings (SSSR count). The smallest absolute Gasteiger partial charge is 0.0846 e. The molecule has 0 bridgehead atoms. The van der Waals surface area contributed by atoms with Crippen LogP contribution in [0, 0.1) is 17.2 Å². The molecule has 0 aromatic heterocycles. The van der Waals surface area contributed by atoms with Gasteiger partial charge in [0.05, 0.1) is 21.5 Å². The minimum atomic E-state index is -0.550. The van der Waals surface area contributed by atoms with E-state index in [9.17, 15) is 5.26 Å². The van der Waals surface area contributed by atoms with E-state index in [1.165, 1.54) is 5.56 Å². The van der Waals surface area contributed by atoms with E-state index in [2.05, 4.69) is 62.1 Å². The lowest BCUT2D eigenvalue weighted by molar-refractivity contribution is 0.254. The van der Waals surface area contributed by atoms with E-state index in [4.69, 9.17) is 23.2 Å². The molecule has 2 nitrogen and oxygen atoms in total. The molecule has 29 heavy (non-hydrogen) atoms. The third-order valence-corrected chi connectivity index (χ3v) is 6.50. The molecule has 0 spiro atoms. The standard InChI is InChI=1S/C25H32Cl2N2/c1-4-15-29(17-13-21-9-6-5-7-10-21)16-8-14-25(19-28,20(2)3)22-11-12-23(26)24(27)18-22/h5-7,9-12,18,20H,4,8,13-17H2,1-3H3. The van der Waals surface area contributed by atoms with Gasteiger partial charge in [-0.15, -0.1) is 0 Å². The van der Waals surface area contributed by atoms with Crippen molar-refractivity contribution >= 4 is 23.2 Å². The van der Waals surface area contributed by atoms with Gasteiger partial charge in [0.1, 0.15) is 0 Å². The summed E-state index contributed by atoms with van der Waals surface area (Å²) >= 11 is 12.4. The molecular formula is C25H32Cl2N2. The quantitative estimate of drug-likeness (QED) is 0.378. The van der Waals surface area contributed by atoms with Crippen LogP contribution >= 0.6 is 23.2 Å². The summed E-state index contributed by atoms with van der Waals surface area (Å²) in [6, 6.07) is 18.9. The summed E-state index contributed by atoms with van der Waals surface area (Å²) in [7, 11) is 0. The highest BCUT2D eigenvalue weighted by molar-refractivity contribution is 6.42. The molecule has 0 aliphatic heterocycles. The molecular weight excluding hydrogens is 399 g/mol. The highest BCUT2D eigenvalue weighted by Gasteiger charge is 2.36. The van der Waals surface area contributed by atoms with Crippen LogP contribution in [0.1, 0.15) is 51.2 Å². The molecule has 0 saturated heterocycles. The van der Waals surface area contributed by atoms with Crippen LogP contribution in [0.5, 0.6) is 0 Å². The summed E-state index contributed by atoms with van der Waals surface area (Å²) in [5.74, 6) is 0.189. The van der Waals surface area contributed by atoms with Gasteiger partial charge in [-0.25, -0.2) is 0 Å². The summed E-state index contributed by atoms with van der Waals surface area (Å²) in [5.41, 5.74) is 1.79. The van der Waals surface area contributed by atoms with Crippen LogP contribution in [0.3, 0.4) is 0 Å². The first-order valence-corrected chi connectivity index (χ1v) is 11.3. The van der Waals surface area contributed by atoms with Gasteiger partial charge in [0.25, 0.3) is 0 Å². The Bertz CT molecular complexity index is 798. The van der Waals surface area contributed by atoms with Crippen LogP contribution in [-0.4, -0.2) is 24.5 Å². The fourth-order valence-corrected chi connectivity index (χ4v) is 4.25. The molecule has 156 valence electrons. The van der Waals surface area contributed by atoms with E-state index in [1.54, 1.807) is 6.07 Å². The Labute approximate surface area is 186 Å². The molecule has 0 heterocycles. The molecule has 2 aromatic carbocycles. The van der Waals surface area contributed by atoms with Gasteiger partial charge in [-0.2, -0.15) is 5.26 Å². The Hall–Kier alpha value is -1.53. The van der Waals surface area contributed by atoms with Crippen LogP contribution < -0.4 is 0 Å². The maximum Gasteiger partial charge on any atom is 0.0846 e. The van der Waals surface area contributed by atoms with Crippen molar-refractivity contribution in [3.63, 3.8) is 0 Å². The van der Waals surface area contributed by atoms with Crippen LogP contribution in [0.2, 0.25) is 10.0 Å². The zero-order valence-corrected chi connectivity index (χ0v) is 19.3. The Morgan fingerprint density at radius 3 is 2.31 bits per heavy atom. The van der Waals surface area contributed by atoms with Crippen LogP contribution in [-0.2, 0) is 11.8 Å². The second kappa shape index (κ2) is 11.6. The Balaban J connectivity index is 2.05. The van der Waals surface area contributed by atoms with E-state index in [-0.39, 0.29) is 5.92 Å². The molecule has 0 aliphatic carbocycles. The SMILES string of the molecule is CCCN(CCCC(C#N)(c1ccc(Cl)c(Cl)c1)C(C)C)CCc1ccccc1. The van der Waals surface area contributed by atoms with Gasteiger partial charge in [-0.05, 0) is 68.0 Å². The molecule has 0 aliphatic rings. The molecule has 1 atom stereocenters. The lowest BCUT2D eigenvalue weighted by atomic mass is 9.70. The zero-order valence-electron chi connectivity index (χ0n) is 17.8. The van der Waals surface area contributed by atoms with Gasteiger partial charge in [0.2, 0.25) is 0 Å². The fourth-order valence-electron chi connectivity index (χ4n) is 3.95. The van der Waals surface area contributed by atoms with Gasteiger partial charge >= 0.3 is 0 Å². The normalized spacial score (nSPS) is 13.4. The average Bonchev–Trinajstić information content (AvgIpc) is 2.72. The van der Waals surface area contributed by atoms with Gasteiger partial charge in [-0.1, -0.05) is 80.4 Å². The third kappa shape index (κ3) is 6.48. The fraction of sp³-hybridized carbons (Fsp3) is 0.480. The maximum absolute atomic E-state index is 10.1. The number of hydrogen-bond donors (Lipinski definition) is 0. The second-order valence-corrected chi connectivity index (χ2v) is 8.86. The summed E-state index contributed by atoms with van der Waals surface area (Å²) in [5, 5.41) is 11.2. The number of rotatable bonds is 11. The van der Waals surface area contributed by atoms with Crippen LogP contribution in [0.15, 0.2) is 48.5 Å². The molecule has 1 unspecified atom stereocenters. The summed E-state index contributed by atoms with van der Waals surface area (Å²) in [6.45, 7) is 9.58. The first-order chi connectivity index (χ1) is 13.9. The van der Waals surface area contributed by atoms with E-state index in [0.29, 0.717) is 10.0 Å². The van der Waals surface area contributed by atoms with Crippen molar-refractivity contribution in [2.45, 2.75) is 51.9 Å². The highest BCUT2D eigenvalue weighted by atomic mass is 35.5. The van der Waals surface area contributed by atoms with E-state index < -0.39 is 5.41 Å². The van der Waals surface area contributed by atoms with Crippen molar-refractivity contribution in [2.75, 3.05) is 19.6 Å². The number of benzene rings is 2. The van der Waals surface area contributed by atoms with Crippen molar-refractivity contribution < 1.29 is 0 Å². The zero-order chi connectivity index (χ0) is 21.3. The predicted octanol–water partition coefficient (Wildman–Crippen LogP) is 7.15. The summed E-state index contributed by atoms with van der Waals surface area (Å²) in [4.78, 5) is 2.52. The van der Waals surface area contributed by atoms with Crippen LogP contribution in [0.25, 0.3) is 0 Å². The number of nitrogens with zero attached hydrogens (tertiary/aromatic N) is 2. The first-order valence-electron chi connectivity index (χ1n) is 10.6. The van der Waals surface area contributed by atoms with Gasteiger partial charge in [-0.3, -0.25) is 0 Å². The molecule has 0 N–H and O–H groups in total. The van der Waals surface area contributed by atoms with Crippen molar-refractivity contribution in [1.82, 2.24) is 4.90 Å². The van der Waals surface area contributed by atoms with Crippen LogP contribution in [0.4, 0.5) is 0 Å². The van der Waals surface area contributed by atoms with Crippen molar-refractivity contribution in [3.8, 4) is 6.07 Å². The number of hydrogen-bond acceptors (Lipinski definition) is 2. The molecule has 0 fully saturated rings. The Kier molecular flexibility index (Phi) is 9.50. The summed E-state index contributed by atoms with van der Waals surface area (Å²) in [6.07, 6.45) is 3.97. The number of halogens is 2. The molecule has 0 saturated carbocycles. The van der Waals surface area contributed by atoms with Crippen molar-refractivity contribution in [1.29, 1.82) is 5.26 Å². The Morgan fingerprint density at radius 2 is 1.72 bits per heavy atom. The highest BCUT2D eigenvalue weighted by Crippen LogP contribution is 2.39. The van der Waals surface area contributed by atoms with Crippen molar-refractivity contribution in [2.24, 2.45) is 5.92 Å². The number of nitriles is 1. The predicted molar refractivity (Wildman–Crippen MR) is 125 cm³/mol. The lowest BCUT2D eigenvalue weighted by Gasteiger charge is -2.33. The average molecular weight is 431 g/mol. The minimum absolute atomic E-state index is 0.189. The van der Waals surface area contributed by atoms with Gasteiger partial charge < -0.3 is 4.90 Å². The largest absolute Gasteiger partial charge is 0.303 e. The van der Waals surface area contributed by atoms with E-state index in [0.717, 1.165) is 50.9 Å². The topological polar surface area (TPSA) is 27.0 Å². The van der Waals surface area contributed by atoms with E-state index >= 15 is 0 Å². The summed E-state index contributed by atoms with van der Waals surface area (Å²) < 4.78 is 0. The molecule has 0 radical (unpaired) electrons. The van der Waals surface area contributed by atoms with Crippen molar-refractivity contribution in [3.05, 3.63) is 69.7 Å².